The SMILES string of the molecule is CCOc1cc(C(=O)NCCc2cncn2Cc2ccc(C#N)cc2)nc(C(=O)OC)c1. The van der Waals surface area contributed by atoms with Gasteiger partial charge in [-0.05, 0) is 24.6 Å². The van der Waals surface area contributed by atoms with Crippen LogP contribution < -0.4 is 10.1 Å². The molecule has 0 aliphatic carbocycles. The van der Waals surface area contributed by atoms with Crippen molar-refractivity contribution in [2.45, 2.75) is 19.9 Å². The van der Waals surface area contributed by atoms with Crippen molar-refractivity contribution in [2.75, 3.05) is 20.3 Å². The predicted octanol–water partition coefficient (Wildman–Crippen LogP) is 2.36. The van der Waals surface area contributed by atoms with E-state index in [1.165, 1.54) is 19.2 Å². The number of amides is 1. The summed E-state index contributed by atoms with van der Waals surface area (Å²) in [5.41, 5.74) is 2.67. The van der Waals surface area contributed by atoms with Crippen LogP contribution in [0.5, 0.6) is 5.75 Å². The van der Waals surface area contributed by atoms with Crippen LogP contribution in [0.4, 0.5) is 0 Å². The van der Waals surface area contributed by atoms with E-state index in [1.807, 2.05) is 16.7 Å². The van der Waals surface area contributed by atoms with E-state index in [1.54, 1.807) is 31.6 Å². The third kappa shape index (κ3) is 5.70. The molecule has 2 aromatic heterocycles. The average Bonchev–Trinajstić information content (AvgIpc) is 3.25. The van der Waals surface area contributed by atoms with Crippen molar-refractivity contribution < 1.29 is 19.1 Å². The fourth-order valence-corrected chi connectivity index (χ4v) is 3.06. The van der Waals surface area contributed by atoms with Gasteiger partial charge in [-0.25, -0.2) is 14.8 Å². The van der Waals surface area contributed by atoms with Crippen LogP contribution in [-0.4, -0.2) is 46.7 Å². The van der Waals surface area contributed by atoms with Gasteiger partial charge in [-0.1, -0.05) is 12.1 Å². The molecule has 0 fully saturated rings. The molecule has 0 spiro atoms. The van der Waals surface area contributed by atoms with Crippen LogP contribution in [0.15, 0.2) is 48.9 Å². The van der Waals surface area contributed by atoms with E-state index >= 15 is 0 Å². The number of methoxy groups -OCH3 is 1. The maximum atomic E-state index is 12.6. The van der Waals surface area contributed by atoms with Crippen LogP contribution in [0.2, 0.25) is 0 Å². The Balaban J connectivity index is 1.63. The molecule has 1 amide bonds. The molecule has 3 rings (SSSR count). The first-order chi connectivity index (χ1) is 15.5. The fraction of sp³-hybridized carbons (Fsp3) is 0.261. The summed E-state index contributed by atoms with van der Waals surface area (Å²) in [5, 5.41) is 11.7. The molecule has 3 aromatic rings. The Kier molecular flexibility index (Phi) is 7.54. The Bertz CT molecular complexity index is 1130. The number of nitrogens with zero attached hydrogens (tertiary/aromatic N) is 4. The third-order valence-electron chi connectivity index (χ3n) is 4.64. The Morgan fingerprint density at radius 1 is 1.19 bits per heavy atom. The second-order valence-electron chi connectivity index (χ2n) is 6.83. The number of aromatic nitrogens is 3. The van der Waals surface area contributed by atoms with Crippen molar-refractivity contribution >= 4 is 11.9 Å². The number of hydrogen-bond donors (Lipinski definition) is 1. The number of ether oxygens (including phenoxy) is 2. The highest BCUT2D eigenvalue weighted by Gasteiger charge is 2.16. The highest BCUT2D eigenvalue weighted by molar-refractivity contribution is 5.95. The van der Waals surface area contributed by atoms with E-state index in [2.05, 4.69) is 21.4 Å². The van der Waals surface area contributed by atoms with Crippen molar-refractivity contribution in [3.05, 3.63) is 77.1 Å². The van der Waals surface area contributed by atoms with Crippen LogP contribution in [0, 0.1) is 11.3 Å². The fourth-order valence-electron chi connectivity index (χ4n) is 3.06. The number of pyridine rings is 1. The van der Waals surface area contributed by atoms with Crippen molar-refractivity contribution in [3.63, 3.8) is 0 Å². The average molecular weight is 433 g/mol. The van der Waals surface area contributed by atoms with E-state index in [0.29, 0.717) is 37.4 Å². The number of nitriles is 1. The van der Waals surface area contributed by atoms with Crippen LogP contribution in [-0.2, 0) is 17.7 Å². The lowest BCUT2D eigenvalue weighted by Crippen LogP contribution is -2.27. The summed E-state index contributed by atoms with van der Waals surface area (Å²) < 4.78 is 12.1. The smallest absolute Gasteiger partial charge is 0.356 e. The predicted molar refractivity (Wildman–Crippen MR) is 115 cm³/mol. The van der Waals surface area contributed by atoms with Gasteiger partial charge < -0.3 is 19.4 Å². The third-order valence-corrected chi connectivity index (χ3v) is 4.64. The second kappa shape index (κ2) is 10.7. The lowest BCUT2D eigenvalue weighted by molar-refractivity contribution is 0.0593. The minimum Gasteiger partial charge on any atom is -0.494 e. The molecule has 0 atom stereocenters. The van der Waals surface area contributed by atoms with Gasteiger partial charge in [0.2, 0.25) is 0 Å². The Morgan fingerprint density at radius 3 is 2.62 bits per heavy atom. The summed E-state index contributed by atoms with van der Waals surface area (Å²) in [7, 11) is 1.25. The quantitative estimate of drug-likeness (QED) is 0.515. The van der Waals surface area contributed by atoms with Crippen molar-refractivity contribution in [1.29, 1.82) is 5.26 Å². The lowest BCUT2D eigenvalue weighted by atomic mass is 10.1. The molecule has 1 N–H and O–H groups in total. The zero-order valence-electron chi connectivity index (χ0n) is 17.9. The van der Waals surface area contributed by atoms with Crippen molar-refractivity contribution in [3.8, 4) is 11.8 Å². The number of carbonyl (C=O) groups excluding carboxylic acids is 2. The molecule has 2 heterocycles. The first-order valence-corrected chi connectivity index (χ1v) is 10.0. The molecule has 0 bridgehead atoms. The topological polar surface area (TPSA) is 119 Å². The first-order valence-electron chi connectivity index (χ1n) is 10.0. The number of rotatable bonds is 9. The number of carbonyl (C=O) groups is 2. The van der Waals surface area contributed by atoms with Gasteiger partial charge in [0.25, 0.3) is 5.91 Å². The molecule has 0 aliphatic rings. The number of benzene rings is 1. The van der Waals surface area contributed by atoms with Gasteiger partial charge in [-0.3, -0.25) is 4.79 Å². The minimum atomic E-state index is -0.646. The summed E-state index contributed by atoms with van der Waals surface area (Å²) in [5.74, 6) is -0.698. The molecule has 0 aliphatic heterocycles. The van der Waals surface area contributed by atoms with Gasteiger partial charge in [0.1, 0.15) is 11.4 Å². The highest BCUT2D eigenvalue weighted by Crippen LogP contribution is 2.15. The van der Waals surface area contributed by atoms with E-state index in [0.717, 1.165) is 11.3 Å². The van der Waals surface area contributed by atoms with Gasteiger partial charge in [-0.2, -0.15) is 5.26 Å². The molecule has 32 heavy (non-hydrogen) atoms. The summed E-state index contributed by atoms with van der Waals surface area (Å²) >= 11 is 0. The Morgan fingerprint density at radius 2 is 1.94 bits per heavy atom. The maximum Gasteiger partial charge on any atom is 0.356 e. The highest BCUT2D eigenvalue weighted by atomic mass is 16.5. The van der Waals surface area contributed by atoms with Crippen LogP contribution in [0.1, 0.15) is 44.7 Å². The van der Waals surface area contributed by atoms with Gasteiger partial charge in [0.15, 0.2) is 5.69 Å². The second-order valence-corrected chi connectivity index (χ2v) is 6.83. The summed E-state index contributed by atoms with van der Waals surface area (Å²) in [6, 6.07) is 12.4. The van der Waals surface area contributed by atoms with E-state index in [4.69, 9.17) is 14.7 Å². The van der Waals surface area contributed by atoms with E-state index < -0.39 is 11.9 Å². The molecular formula is C23H23N5O4. The normalized spacial score (nSPS) is 10.3. The maximum absolute atomic E-state index is 12.6. The number of esters is 1. The van der Waals surface area contributed by atoms with Gasteiger partial charge >= 0.3 is 5.97 Å². The molecule has 0 radical (unpaired) electrons. The summed E-state index contributed by atoms with van der Waals surface area (Å²) in [4.78, 5) is 32.7. The van der Waals surface area contributed by atoms with Crippen LogP contribution >= 0.6 is 0 Å². The zero-order chi connectivity index (χ0) is 22.9. The van der Waals surface area contributed by atoms with Crippen LogP contribution in [0.25, 0.3) is 0 Å². The molecule has 9 nitrogen and oxygen atoms in total. The molecule has 0 saturated heterocycles. The van der Waals surface area contributed by atoms with E-state index in [-0.39, 0.29) is 11.4 Å². The lowest BCUT2D eigenvalue weighted by Gasteiger charge is -2.11. The molecule has 1 aromatic carbocycles. The number of hydrogen-bond acceptors (Lipinski definition) is 7. The molecular weight excluding hydrogens is 410 g/mol. The van der Waals surface area contributed by atoms with Gasteiger partial charge in [-0.15, -0.1) is 0 Å². The monoisotopic (exact) mass is 433 g/mol. The Labute approximate surface area is 185 Å². The first kappa shape index (κ1) is 22.5. The molecule has 164 valence electrons. The van der Waals surface area contributed by atoms with Crippen molar-refractivity contribution in [1.82, 2.24) is 19.9 Å². The van der Waals surface area contributed by atoms with Crippen molar-refractivity contribution in [2.24, 2.45) is 0 Å². The standard InChI is InChI=1S/C23H23N5O4/c1-3-32-19-10-20(27-21(11-19)23(30)31-2)22(29)26-9-8-18-13-25-15-28(18)14-17-6-4-16(12-24)5-7-17/h4-7,10-11,13,15H,3,8-9,14H2,1-2H3,(H,26,29). The number of nitrogens with one attached hydrogen (secondary N) is 1. The number of imidazole rings is 1. The van der Waals surface area contributed by atoms with Gasteiger partial charge in [0.05, 0.1) is 31.7 Å². The van der Waals surface area contributed by atoms with Gasteiger partial charge in [0, 0.05) is 43.5 Å². The molecule has 0 unspecified atom stereocenters. The Hall–Kier alpha value is -4.19. The molecule has 0 saturated carbocycles. The zero-order valence-corrected chi connectivity index (χ0v) is 17.9. The summed E-state index contributed by atoms with van der Waals surface area (Å²) in [6.45, 7) is 3.15. The van der Waals surface area contributed by atoms with E-state index in [9.17, 15) is 9.59 Å². The largest absolute Gasteiger partial charge is 0.494 e. The minimum absolute atomic E-state index is 0.00379. The molecule has 9 heteroatoms. The van der Waals surface area contributed by atoms with Crippen LogP contribution in [0.3, 0.4) is 0 Å². The summed E-state index contributed by atoms with van der Waals surface area (Å²) in [6.07, 6.45) is 4.03.